The van der Waals surface area contributed by atoms with Crippen LogP contribution in [0.25, 0.3) is 0 Å². The van der Waals surface area contributed by atoms with Crippen molar-refractivity contribution in [3.05, 3.63) is 27.8 Å². The third-order valence-corrected chi connectivity index (χ3v) is 5.04. The number of hydrogen-bond donors (Lipinski definition) is 0. The van der Waals surface area contributed by atoms with Crippen LogP contribution in [-0.2, 0) is 4.74 Å². The number of nitro groups is 1. The summed E-state index contributed by atoms with van der Waals surface area (Å²) in [6, 6.07) is 3.22. The summed E-state index contributed by atoms with van der Waals surface area (Å²) in [7, 11) is 0. The summed E-state index contributed by atoms with van der Waals surface area (Å²) in [4.78, 5) is 26.0. The van der Waals surface area contributed by atoms with Crippen LogP contribution in [0.4, 0.5) is 11.4 Å². The smallest absolute Gasteiger partial charge is 0.293 e. The second-order valence-corrected chi connectivity index (χ2v) is 7.30. The highest BCUT2D eigenvalue weighted by molar-refractivity contribution is 8.02. The average Bonchev–Trinajstić information content (AvgIpc) is 2.68. The van der Waals surface area contributed by atoms with Crippen molar-refractivity contribution in [2.24, 2.45) is 0 Å². The van der Waals surface area contributed by atoms with Gasteiger partial charge >= 0.3 is 0 Å². The third-order valence-electron chi connectivity index (χ3n) is 3.78. The highest BCUT2D eigenvalue weighted by Crippen LogP contribution is 2.48. The van der Waals surface area contributed by atoms with Gasteiger partial charge in [-0.3, -0.25) is 14.9 Å². The fourth-order valence-corrected chi connectivity index (χ4v) is 3.85. The van der Waals surface area contributed by atoms with Crippen LogP contribution in [-0.4, -0.2) is 41.8 Å². The van der Waals surface area contributed by atoms with E-state index in [1.54, 1.807) is 6.07 Å². The predicted octanol–water partition coefficient (Wildman–Crippen LogP) is 2.50. The van der Waals surface area contributed by atoms with E-state index >= 15 is 0 Å². The topological polar surface area (TPSA) is 72.7 Å². The van der Waals surface area contributed by atoms with Crippen LogP contribution >= 0.6 is 11.8 Å². The van der Waals surface area contributed by atoms with Gasteiger partial charge in [0.05, 0.1) is 22.9 Å². The molecule has 0 atom stereocenters. The molecule has 0 aliphatic carbocycles. The van der Waals surface area contributed by atoms with E-state index in [0.29, 0.717) is 37.6 Å². The lowest BCUT2D eigenvalue weighted by Gasteiger charge is -2.28. The Labute approximate surface area is 126 Å². The first-order valence-corrected chi connectivity index (χ1v) is 7.61. The summed E-state index contributed by atoms with van der Waals surface area (Å²) in [6.07, 6.45) is 0. The molecule has 2 aliphatic heterocycles. The van der Waals surface area contributed by atoms with E-state index in [1.165, 1.54) is 17.8 Å². The third kappa shape index (κ3) is 2.40. The zero-order valence-corrected chi connectivity index (χ0v) is 12.7. The van der Waals surface area contributed by atoms with Crippen molar-refractivity contribution >= 4 is 28.9 Å². The van der Waals surface area contributed by atoms with E-state index in [0.717, 1.165) is 4.90 Å². The Morgan fingerprint density at radius 1 is 1.33 bits per heavy atom. The van der Waals surface area contributed by atoms with Crippen molar-refractivity contribution < 1.29 is 14.5 Å². The Kier molecular flexibility index (Phi) is 3.41. The lowest BCUT2D eigenvalue weighted by Crippen LogP contribution is -2.36. The number of hydrogen-bond acceptors (Lipinski definition) is 6. The number of nitro benzene ring substituents is 1. The van der Waals surface area contributed by atoms with Crippen molar-refractivity contribution in [1.29, 1.82) is 0 Å². The van der Waals surface area contributed by atoms with E-state index in [4.69, 9.17) is 4.74 Å². The molecule has 7 heteroatoms. The van der Waals surface area contributed by atoms with Crippen molar-refractivity contribution in [1.82, 2.24) is 0 Å². The number of morpholine rings is 1. The van der Waals surface area contributed by atoms with E-state index in [2.05, 4.69) is 0 Å². The molecule has 2 heterocycles. The number of anilines is 1. The van der Waals surface area contributed by atoms with Gasteiger partial charge in [-0.15, -0.1) is 11.8 Å². The Hall–Kier alpha value is -1.60. The number of rotatable bonds is 2. The second kappa shape index (κ2) is 4.99. The Bertz CT molecular complexity index is 624. The van der Waals surface area contributed by atoms with E-state index in [1.807, 2.05) is 18.7 Å². The monoisotopic (exact) mass is 308 g/mol. The number of benzene rings is 1. The Morgan fingerprint density at radius 3 is 2.62 bits per heavy atom. The Balaban J connectivity index is 2.09. The highest BCUT2D eigenvalue weighted by atomic mass is 32.2. The molecule has 0 bridgehead atoms. The van der Waals surface area contributed by atoms with Crippen LogP contribution < -0.4 is 4.90 Å². The molecule has 0 radical (unpaired) electrons. The van der Waals surface area contributed by atoms with E-state index < -0.39 is 9.67 Å². The molecule has 0 amide bonds. The first-order valence-electron chi connectivity index (χ1n) is 6.79. The van der Waals surface area contributed by atoms with Gasteiger partial charge in [0.15, 0.2) is 5.78 Å². The molecule has 0 unspecified atom stereocenters. The molecule has 2 aliphatic rings. The standard InChI is InChI=1S/C14H16N2O4S/c1-14(2)13(17)9-7-11(16(18)19)10(8-12(9)21-14)15-3-5-20-6-4-15/h7-8H,3-6H2,1-2H3. The summed E-state index contributed by atoms with van der Waals surface area (Å²) < 4.78 is 4.74. The van der Waals surface area contributed by atoms with Crippen LogP contribution in [0.15, 0.2) is 17.0 Å². The largest absolute Gasteiger partial charge is 0.378 e. The maximum Gasteiger partial charge on any atom is 0.293 e. The van der Waals surface area contributed by atoms with E-state index in [9.17, 15) is 14.9 Å². The van der Waals surface area contributed by atoms with Gasteiger partial charge in [-0.25, -0.2) is 0 Å². The van der Waals surface area contributed by atoms with Crippen molar-refractivity contribution in [3.63, 3.8) is 0 Å². The van der Waals surface area contributed by atoms with Gasteiger partial charge in [0.1, 0.15) is 5.69 Å². The molecule has 3 rings (SSSR count). The van der Waals surface area contributed by atoms with Crippen molar-refractivity contribution in [2.45, 2.75) is 23.5 Å². The minimum absolute atomic E-state index is 0.00213. The minimum Gasteiger partial charge on any atom is -0.378 e. The van der Waals surface area contributed by atoms with Gasteiger partial charge < -0.3 is 9.64 Å². The number of fused-ring (bicyclic) bond motifs is 1. The summed E-state index contributed by atoms with van der Waals surface area (Å²) in [5.41, 5.74) is 1.05. The second-order valence-electron chi connectivity index (χ2n) is 5.64. The van der Waals surface area contributed by atoms with Gasteiger partial charge in [0.25, 0.3) is 5.69 Å². The van der Waals surface area contributed by atoms with Crippen LogP contribution in [0.5, 0.6) is 0 Å². The number of ketones is 1. The maximum absolute atomic E-state index is 12.3. The zero-order chi connectivity index (χ0) is 15.2. The molecule has 0 spiro atoms. The van der Waals surface area contributed by atoms with Gasteiger partial charge in [0, 0.05) is 29.6 Å². The fraction of sp³-hybridized carbons (Fsp3) is 0.500. The molecular weight excluding hydrogens is 292 g/mol. The molecule has 1 fully saturated rings. The van der Waals surface area contributed by atoms with Gasteiger partial charge in [0.2, 0.25) is 0 Å². The van der Waals surface area contributed by atoms with Gasteiger partial charge in [-0.1, -0.05) is 0 Å². The lowest BCUT2D eigenvalue weighted by molar-refractivity contribution is -0.384. The summed E-state index contributed by atoms with van der Waals surface area (Å²) >= 11 is 1.47. The van der Waals surface area contributed by atoms with Gasteiger partial charge in [-0.05, 0) is 19.9 Å². The minimum atomic E-state index is -0.556. The molecule has 1 aromatic carbocycles. The molecular formula is C14H16N2O4S. The summed E-state index contributed by atoms with van der Waals surface area (Å²) in [6.45, 7) is 6.07. The number of Topliss-reactive ketones (excluding diaryl/α,β-unsaturated/α-hetero) is 1. The average molecular weight is 308 g/mol. The van der Waals surface area contributed by atoms with Crippen molar-refractivity contribution in [2.75, 3.05) is 31.2 Å². The number of nitrogens with zero attached hydrogens (tertiary/aromatic N) is 2. The van der Waals surface area contributed by atoms with Crippen molar-refractivity contribution in [3.8, 4) is 0 Å². The summed E-state index contributed by atoms with van der Waals surface area (Å²) in [5.74, 6) is -0.0425. The predicted molar refractivity (Wildman–Crippen MR) is 80.4 cm³/mol. The molecule has 1 aromatic rings. The van der Waals surface area contributed by atoms with E-state index in [-0.39, 0.29) is 11.5 Å². The molecule has 0 N–H and O–H groups in total. The van der Waals surface area contributed by atoms with Crippen LogP contribution in [0.3, 0.4) is 0 Å². The van der Waals surface area contributed by atoms with Crippen LogP contribution in [0.2, 0.25) is 0 Å². The van der Waals surface area contributed by atoms with Gasteiger partial charge in [-0.2, -0.15) is 0 Å². The first kappa shape index (κ1) is 14.3. The number of ether oxygens (including phenoxy) is 1. The number of carbonyl (C=O) groups is 1. The molecule has 0 saturated carbocycles. The lowest BCUT2D eigenvalue weighted by atomic mass is 10.00. The first-order chi connectivity index (χ1) is 9.90. The Morgan fingerprint density at radius 2 is 2.00 bits per heavy atom. The SMILES string of the molecule is CC1(C)Sc2cc(N3CCOCC3)c([N+](=O)[O-])cc2C1=O. The molecule has 6 nitrogen and oxygen atoms in total. The number of thioether (sulfide) groups is 1. The molecule has 0 aromatic heterocycles. The number of carbonyl (C=O) groups excluding carboxylic acids is 1. The highest BCUT2D eigenvalue weighted by Gasteiger charge is 2.40. The summed E-state index contributed by atoms with van der Waals surface area (Å²) in [5, 5.41) is 11.4. The molecule has 112 valence electrons. The zero-order valence-electron chi connectivity index (χ0n) is 11.9. The molecule has 1 saturated heterocycles. The quantitative estimate of drug-likeness (QED) is 0.617. The van der Waals surface area contributed by atoms with Crippen LogP contribution in [0.1, 0.15) is 24.2 Å². The fourth-order valence-electron chi connectivity index (χ4n) is 2.67. The maximum atomic E-state index is 12.3. The normalized spacial score (nSPS) is 20.5. The molecule has 21 heavy (non-hydrogen) atoms. The van der Waals surface area contributed by atoms with Crippen LogP contribution in [0, 0.1) is 10.1 Å².